The highest BCUT2D eigenvalue weighted by Crippen LogP contribution is 2.07. The maximum atomic E-state index is 9.45. The van der Waals surface area contributed by atoms with E-state index in [-0.39, 0.29) is 11.6 Å². The minimum atomic E-state index is -0.361. The van der Waals surface area contributed by atoms with E-state index in [1.165, 1.54) is 0 Å². The number of hydrogen-bond donors (Lipinski definition) is 2. The zero-order chi connectivity index (χ0) is 10.6. The molecule has 0 amide bonds. The van der Waals surface area contributed by atoms with E-state index in [9.17, 15) is 5.11 Å². The van der Waals surface area contributed by atoms with Crippen LogP contribution in [0.5, 0.6) is 0 Å². The van der Waals surface area contributed by atoms with Gasteiger partial charge in [-0.2, -0.15) is 5.10 Å². The van der Waals surface area contributed by atoms with E-state index in [0.29, 0.717) is 0 Å². The van der Waals surface area contributed by atoms with Gasteiger partial charge in [0, 0.05) is 24.5 Å². The van der Waals surface area contributed by atoms with Crippen molar-refractivity contribution in [1.29, 1.82) is 0 Å². The van der Waals surface area contributed by atoms with Crippen molar-refractivity contribution in [1.82, 2.24) is 15.1 Å². The van der Waals surface area contributed by atoms with Crippen LogP contribution in [0, 0.1) is 0 Å². The van der Waals surface area contributed by atoms with Crippen LogP contribution in [0.25, 0.3) is 0 Å². The Balaban J connectivity index is 2.28. The largest absolute Gasteiger partial charge is 0.392 e. The average molecular weight is 197 g/mol. The number of aliphatic hydroxyl groups excluding tert-OH is 1. The molecule has 1 aromatic rings. The smallest absolute Gasteiger partial charge is 0.0688 e. The monoisotopic (exact) mass is 197 g/mol. The number of aliphatic hydroxyl groups is 1. The second kappa shape index (κ2) is 4.57. The lowest BCUT2D eigenvalue weighted by Gasteiger charge is -2.29. The van der Waals surface area contributed by atoms with Crippen LogP contribution in [0.2, 0.25) is 0 Å². The summed E-state index contributed by atoms with van der Waals surface area (Å²) in [6.45, 7) is 7.39. The Morgan fingerprint density at radius 3 is 2.79 bits per heavy atom. The molecule has 0 aliphatic carbocycles. The average Bonchev–Trinajstić information content (AvgIpc) is 2.56. The Hall–Kier alpha value is -0.870. The van der Waals surface area contributed by atoms with Gasteiger partial charge in [0.25, 0.3) is 0 Å². The molecule has 2 N–H and O–H groups in total. The number of nitrogens with zero attached hydrogens (tertiary/aromatic N) is 2. The Morgan fingerprint density at radius 2 is 2.29 bits per heavy atom. The normalized spacial score (nSPS) is 14.3. The maximum Gasteiger partial charge on any atom is 0.0688 e. The van der Waals surface area contributed by atoms with Crippen molar-refractivity contribution in [2.75, 3.05) is 6.54 Å². The molecule has 14 heavy (non-hydrogen) atoms. The third-order valence-electron chi connectivity index (χ3n) is 2.53. The summed E-state index contributed by atoms with van der Waals surface area (Å²) in [7, 11) is 0. The molecule has 0 bridgehead atoms. The third-order valence-corrected chi connectivity index (χ3v) is 2.53. The quantitative estimate of drug-likeness (QED) is 0.728. The first-order chi connectivity index (χ1) is 6.52. The number of hydrogen-bond acceptors (Lipinski definition) is 3. The van der Waals surface area contributed by atoms with Gasteiger partial charge in [-0.3, -0.25) is 4.68 Å². The Morgan fingerprint density at radius 1 is 1.57 bits per heavy atom. The fourth-order valence-corrected chi connectivity index (χ4v) is 1.07. The summed E-state index contributed by atoms with van der Waals surface area (Å²) in [5.74, 6) is 0. The summed E-state index contributed by atoms with van der Waals surface area (Å²) in [6.07, 6.45) is 3.33. The molecule has 0 spiro atoms. The molecule has 1 unspecified atom stereocenters. The van der Waals surface area contributed by atoms with Crippen molar-refractivity contribution in [3.63, 3.8) is 0 Å². The van der Waals surface area contributed by atoms with Crippen molar-refractivity contribution in [3.05, 3.63) is 18.5 Å². The van der Waals surface area contributed by atoms with Crippen LogP contribution >= 0.6 is 0 Å². The zero-order valence-electron chi connectivity index (χ0n) is 9.07. The molecule has 1 heterocycles. The van der Waals surface area contributed by atoms with Crippen molar-refractivity contribution in [2.24, 2.45) is 0 Å². The molecule has 0 saturated heterocycles. The van der Waals surface area contributed by atoms with E-state index in [4.69, 9.17) is 0 Å². The summed E-state index contributed by atoms with van der Waals surface area (Å²) >= 11 is 0. The molecular formula is C10H19N3O. The highest BCUT2D eigenvalue weighted by atomic mass is 16.3. The van der Waals surface area contributed by atoms with Gasteiger partial charge >= 0.3 is 0 Å². The minimum absolute atomic E-state index is 0.243. The molecule has 80 valence electrons. The number of rotatable bonds is 5. The molecule has 0 aromatic carbocycles. The van der Waals surface area contributed by atoms with E-state index in [1.54, 1.807) is 13.1 Å². The van der Waals surface area contributed by atoms with E-state index in [1.807, 2.05) is 30.8 Å². The van der Waals surface area contributed by atoms with Gasteiger partial charge in [0.15, 0.2) is 0 Å². The second-order valence-corrected chi connectivity index (χ2v) is 4.09. The summed E-state index contributed by atoms with van der Waals surface area (Å²) in [5, 5.41) is 16.8. The van der Waals surface area contributed by atoms with Crippen molar-refractivity contribution in [3.8, 4) is 0 Å². The van der Waals surface area contributed by atoms with Gasteiger partial charge in [-0.15, -0.1) is 0 Å². The van der Waals surface area contributed by atoms with Crippen LogP contribution in [-0.4, -0.2) is 33.1 Å². The fraction of sp³-hybridized carbons (Fsp3) is 0.700. The molecule has 1 aromatic heterocycles. The summed E-state index contributed by atoms with van der Waals surface area (Å²) in [4.78, 5) is 0. The van der Waals surface area contributed by atoms with Gasteiger partial charge < -0.3 is 10.4 Å². The first-order valence-corrected chi connectivity index (χ1v) is 4.93. The highest BCUT2D eigenvalue weighted by Gasteiger charge is 2.22. The molecule has 4 nitrogen and oxygen atoms in total. The summed E-state index contributed by atoms with van der Waals surface area (Å²) in [5.41, 5.74) is -0.243. The highest BCUT2D eigenvalue weighted by molar-refractivity contribution is 4.83. The molecule has 1 atom stereocenters. The first kappa shape index (κ1) is 11.2. The Bertz CT molecular complexity index is 254. The molecule has 4 heteroatoms. The molecule has 0 radical (unpaired) electrons. The predicted octanol–water partition coefficient (Wildman–Crippen LogP) is 0.632. The summed E-state index contributed by atoms with van der Waals surface area (Å²) < 4.78 is 1.87. The summed E-state index contributed by atoms with van der Waals surface area (Å²) in [6, 6.07) is 1.90. The van der Waals surface area contributed by atoms with Crippen molar-refractivity contribution in [2.45, 2.75) is 39.0 Å². The molecular weight excluding hydrogens is 178 g/mol. The van der Waals surface area contributed by atoms with Crippen LogP contribution in [0.1, 0.15) is 20.8 Å². The van der Waals surface area contributed by atoms with Crippen LogP contribution < -0.4 is 5.32 Å². The van der Waals surface area contributed by atoms with Gasteiger partial charge in [0.2, 0.25) is 0 Å². The molecule has 1 rings (SSSR count). The number of aromatic nitrogens is 2. The van der Waals surface area contributed by atoms with E-state index < -0.39 is 0 Å². The fourth-order valence-electron chi connectivity index (χ4n) is 1.07. The Kier molecular flexibility index (Phi) is 3.66. The maximum absolute atomic E-state index is 9.45. The van der Waals surface area contributed by atoms with Crippen LogP contribution in [-0.2, 0) is 6.54 Å². The van der Waals surface area contributed by atoms with Gasteiger partial charge in [-0.25, -0.2) is 0 Å². The van der Waals surface area contributed by atoms with Gasteiger partial charge in [0.05, 0.1) is 12.6 Å². The molecule has 0 fully saturated rings. The lowest BCUT2D eigenvalue weighted by atomic mass is 9.99. The molecule has 0 saturated carbocycles. The first-order valence-electron chi connectivity index (χ1n) is 4.93. The van der Waals surface area contributed by atoms with E-state index >= 15 is 0 Å². The van der Waals surface area contributed by atoms with E-state index in [2.05, 4.69) is 10.4 Å². The SMILES string of the molecule is CC(O)C(C)(C)NCCn1cccn1. The van der Waals surface area contributed by atoms with Crippen LogP contribution in [0.15, 0.2) is 18.5 Å². The zero-order valence-corrected chi connectivity index (χ0v) is 9.07. The van der Waals surface area contributed by atoms with E-state index in [0.717, 1.165) is 13.1 Å². The standard InChI is InChI=1S/C10H19N3O/c1-9(14)10(2,3)11-6-8-13-7-4-5-12-13/h4-5,7,9,11,14H,6,8H2,1-3H3. The van der Waals surface area contributed by atoms with Crippen LogP contribution in [0.4, 0.5) is 0 Å². The predicted molar refractivity (Wildman–Crippen MR) is 56.0 cm³/mol. The van der Waals surface area contributed by atoms with Gasteiger partial charge in [-0.1, -0.05) is 0 Å². The van der Waals surface area contributed by atoms with Crippen molar-refractivity contribution < 1.29 is 5.11 Å². The topological polar surface area (TPSA) is 50.1 Å². The molecule has 0 aliphatic heterocycles. The minimum Gasteiger partial charge on any atom is -0.392 e. The Labute approximate surface area is 84.9 Å². The lowest BCUT2D eigenvalue weighted by Crippen LogP contribution is -2.49. The van der Waals surface area contributed by atoms with Crippen molar-refractivity contribution >= 4 is 0 Å². The lowest BCUT2D eigenvalue weighted by molar-refractivity contribution is 0.0961. The second-order valence-electron chi connectivity index (χ2n) is 4.09. The van der Waals surface area contributed by atoms with Gasteiger partial charge in [-0.05, 0) is 26.8 Å². The van der Waals surface area contributed by atoms with Gasteiger partial charge in [0.1, 0.15) is 0 Å². The van der Waals surface area contributed by atoms with Crippen LogP contribution in [0.3, 0.4) is 0 Å². The number of nitrogens with one attached hydrogen (secondary N) is 1. The molecule has 0 aliphatic rings. The third kappa shape index (κ3) is 3.12.